The minimum atomic E-state index is 0.241. The third kappa shape index (κ3) is 3.90. The second-order valence-electron chi connectivity index (χ2n) is 5.85. The topological polar surface area (TPSA) is 77.8 Å². The highest BCUT2D eigenvalue weighted by Crippen LogP contribution is 2.29. The number of hydrogen-bond acceptors (Lipinski definition) is 4. The first-order chi connectivity index (χ1) is 11.7. The lowest BCUT2D eigenvalue weighted by Gasteiger charge is -2.12. The van der Waals surface area contributed by atoms with Gasteiger partial charge in [0.25, 0.3) is 0 Å². The van der Waals surface area contributed by atoms with Crippen LogP contribution < -0.4 is 11.5 Å². The summed E-state index contributed by atoms with van der Waals surface area (Å²) in [6.07, 6.45) is 4.04. The average Bonchev–Trinajstić information content (AvgIpc) is 2.60. The molecule has 0 fully saturated rings. The van der Waals surface area contributed by atoms with Crippen LogP contribution in [0.2, 0.25) is 0 Å². The molecule has 4 N–H and O–H groups in total. The van der Waals surface area contributed by atoms with Crippen LogP contribution in [0.5, 0.6) is 0 Å². The zero-order chi connectivity index (χ0) is 16.8. The van der Waals surface area contributed by atoms with Gasteiger partial charge in [-0.05, 0) is 36.8 Å². The van der Waals surface area contributed by atoms with Crippen LogP contribution in [0.25, 0.3) is 11.1 Å². The Balaban J connectivity index is 1.73. The number of nitrogen functional groups attached to an aromatic ring is 2. The summed E-state index contributed by atoms with van der Waals surface area (Å²) >= 11 is 0. The molecule has 0 bridgehead atoms. The van der Waals surface area contributed by atoms with Crippen molar-refractivity contribution < 1.29 is 0 Å². The van der Waals surface area contributed by atoms with Crippen molar-refractivity contribution in [2.45, 2.75) is 25.7 Å². The number of unbranched alkanes of at least 4 members (excludes halogenated alkanes) is 1. The van der Waals surface area contributed by atoms with E-state index >= 15 is 0 Å². The van der Waals surface area contributed by atoms with Crippen LogP contribution in [0.1, 0.15) is 24.1 Å². The van der Waals surface area contributed by atoms with Gasteiger partial charge in [-0.2, -0.15) is 4.98 Å². The van der Waals surface area contributed by atoms with Gasteiger partial charge in [0, 0.05) is 5.56 Å². The van der Waals surface area contributed by atoms with E-state index in [0.29, 0.717) is 5.82 Å². The van der Waals surface area contributed by atoms with Crippen molar-refractivity contribution >= 4 is 11.8 Å². The first-order valence-corrected chi connectivity index (χ1v) is 8.25. The molecule has 4 heteroatoms. The summed E-state index contributed by atoms with van der Waals surface area (Å²) in [7, 11) is 0. The standard InChI is InChI=1S/C20H22N4/c21-19-18(16-12-5-2-6-13-16)17(23-20(22)24-19)14-8-7-11-15-9-3-1-4-10-15/h1-6,9-10,12-13H,7-8,11,14H2,(H4,21,22,23,24). The molecule has 0 saturated heterocycles. The highest BCUT2D eigenvalue weighted by Gasteiger charge is 2.13. The molecular formula is C20H22N4. The number of anilines is 2. The first-order valence-electron chi connectivity index (χ1n) is 8.25. The lowest BCUT2D eigenvalue weighted by atomic mass is 10.00. The van der Waals surface area contributed by atoms with Crippen molar-refractivity contribution in [3.8, 4) is 11.1 Å². The molecule has 0 saturated carbocycles. The quantitative estimate of drug-likeness (QED) is 0.676. The fourth-order valence-corrected chi connectivity index (χ4v) is 2.91. The van der Waals surface area contributed by atoms with Gasteiger partial charge >= 0.3 is 0 Å². The van der Waals surface area contributed by atoms with E-state index in [9.17, 15) is 0 Å². The van der Waals surface area contributed by atoms with E-state index < -0.39 is 0 Å². The van der Waals surface area contributed by atoms with E-state index in [2.05, 4.69) is 34.2 Å². The zero-order valence-electron chi connectivity index (χ0n) is 13.7. The highest BCUT2D eigenvalue weighted by molar-refractivity contribution is 5.76. The molecule has 3 aromatic rings. The highest BCUT2D eigenvalue weighted by atomic mass is 15.0. The molecule has 0 aliphatic carbocycles. The molecule has 4 nitrogen and oxygen atoms in total. The Bertz CT molecular complexity index is 785. The van der Waals surface area contributed by atoms with E-state index in [4.69, 9.17) is 11.5 Å². The molecule has 2 aromatic carbocycles. The van der Waals surface area contributed by atoms with Gasteiger partial charge in [-0.1, -0.05) is 60.7 Å². The van der Waals surface area contributed by atoms with E-state index in [0.717, 1.165) is 42.5 Å². The Hall–Kier alpha value is -2.88. The number of nitrogens with two attached hydrogens (primary N) is 2. The molecular weight excluding hydrogens is 296 g/mol. The van der Waals surface area contributed by atoms with Crippen molar-refractivity contribution in [2.75, 3.05) is 11.5 Å². The van der Waals surface area contributed by atoms with Crippen LogP contribution in [0.4, 0.5) is 11.8 Å². The summed E-state index contributed by atoms with van der Waals surface area (Å²) in [4.78, 5) is 8.57. The second-order valence-corrected chi connectivity index (χ2v) is 5.85. The molecule has 3 rings (SSSR count). The van der Waals surface area contributed by atoms with Gasteiger partial charge < -0.3 is 11.5 Å². The van der Waals surface area contributed by atoms with Crippen LogP contribution in [-0.4, -0.2) is 9.97 Å². The average molecular weight is 318 g/mol. The predicted octanol–water partition coefficient (Wildman–Crippen LogP) is 3.87. The second kappa shape index (κ2) is 7.59. The Kier molecular flexibility index (Phi) is 5.06. The van der Waals surface area contributed by atoms with Crippen LogP contribution >= 0.6 is 0 Å². The Morgan fingerprint density at radius 1 is 0.708 bits per heavy atom. The van der Waals surface area contributed by atoms with Gasteiger partial charge in [0.1, 0.15) is 5.82 Å². The third-order valence-corrected chi connectivity index (χ3v) is 4.06. The smallest absolute Gasteiger partial charge is 0.222 e. The van der Waals surface area contributed by atoms with E-state index in [1.165, 1.54) is 5.56 Å². The van der Waals surface area contributed by atoms with Crippen molar-refractivity contribution in [3.05, 3.63) is 71.9 Å². The molecule has 1 heterocycles. The number of aromatic nitrogens is 2. The van der Waals surface area contributed by atoms with Crippen molar-refractivity contribution in [1.82, 2.24) is 9.97 Å². The fraction of sp³-hybridized carbons (Fsp3) is 0.200. The molecule has 0 spiro atoms. The Labute approximate surface area is 142 Å². The van der Waals surface area contributed by atoms with Gasteiger partial charge in [-0.25, -0.2) is 4.98 Å². The molecule has 1 aromatic heterocycles. The van der Waals surface area contributed by atoms with Gasteiger partial charge in [0.2, 0.25) is 5.95 Å². The molecule has 0 unspecified atom stereocenters. The number of nitrogens with zero attached hydrogens (tertiary/aromatic N) is 2. The van der Waals surface area contributed by atoms with Crippen molar-refractivity contribution in [1.29, 1.82) is 0 Å². The Morgan fingerprint density at radius 2 is 1.33 bits per heavy atom. The lowest BCUT2D eigenvalue weighted by Crippen LogP contribution is -2.07. The molecule has 24 heavy (non-hydrogen) atoms. The fourth-order valence-electron chi connectivity index (χ4n) is 2.91. The predicted molar refractivity (Wildman–Crippen MR) is 99.4 cm³/mol. The van der Waals surface area contributed by atoms with E-state index in [-0.39, 0.29) is 5.95 Å². The lowest BCUT2D eigenvalue weighted by molar-refractivity contribution is 0.723. The summed E-state index contributed by atoms with van der Waals surface area (Å²) in [5.41, 5.74) is 16.2. The summed E-state index contributed by atoms with van der Waals surface area (Å²) in [5, 5.41) is 0. The minimum Gasteiger partial charge on any atom is -0.383 e. The van der Waals surface area contributed by atoms with Gasteiger partial charge in [-0.3, -0.25) is 0 Å². The Morgan fingerprint density at radius 3 is 2.04 bits per heavy atom. The van der Waals surface area contributed by atoms with E-state index in [1.54, 1.807) is 0 Å². The number of benzene rings is 2. The van der Waals surface area contributed by atoms with Crippen LogP contribution in [0.15, 0.2) is 60.7 Å². The third-order valence-electron chi connectivity index (χ3n) is 4.06. The first kappa shape index (κ1) is 16.0. The van der Waals surface area contributed by atoms with Gasteiger partial charge in [0.05, 0.1) is 5.69 Å². The van der Waals surface area contributed by atoms with Crippen molar-refractivity contribution in [3.63, 3.8) is 0 Å². The van der Waals surface area contributed by atoms with Crippen LogP contribution in [0, 0.1) is 0 Å². The van der Waals surface area contributed by atoms with Crippen LogP contribution in [-0.2, 0) is 12.8 Å². The minimum absolute atomic E-state index is 0.241. The molecule has 0 atom stereocenters. The maximum atomic E-state index is 6.12. The number of hydrogen-bond donors (Lipinski definition) is 2. The summed E-state index contributed by atoms with van der Waals surface area (Å²) < 4.78 is 0. The number of rotatable bonds is 6. The molecule has 0 radical (unpaired) electrons. The summed E-state index contributed by atoms with van der Waals surface area (Å²) in [5.74, 6) is 0.692. The maximum absolute atomic E-state index is 6.12. The molecule has 0 amide bonds. The molecule has 122 valence electrons. The van der Waals surface area contributed by atoms with Crippen LogP contribution in [0.3, 0.4) is 0 Å². The molecule has 0 aliphatic rings. The summed E-state index contributed by atoms with van der Waals surface area (Å²) in [6, 6.07) is 20.5. The molecule has 0 aliphatic heterocycles. The van der Waals surface area contributed by atoms with Gasteiger partial charge in [-0.15, -0.1) is 0 Å². The van der Waals surface area contributed by atoms with Crippen molar-refractivity contribution in [2.24, 2.45) is 0 Å². The normalized spacial score (nSPS) is 10.7. The SMILES string of the molecule is Nc1nc(N)c(-c2ccccc2)c(CCCCc2ccccc2)n1. The van der Waals surface area contributed by atoms with E-state index in [1.807, 2.05) is 36.4 Å². The number of aryl methyl sites for hydroxylation is 2. The summed E-state index contributed by atoms with van der Waals surface area (Å²) in [6.45, 7) is 0. The monoisotopic (exact) mass is 318 g/mol. The zero-order valence-corrected chi connectivity index (χ0v) is 13.7. The van der Waals surface area contributed by atoms with Gasteiger partial charge in [0.15, 0.2) is 0 Å². The maximum Gasteiger partial charge on any atom is 0.222 e. The largest absolute Gasteiger partial charge is 0.383 e.